The lowest BCUT2D eigenvalue weighted by Gasteiger charge is -2.07. The summed E-state index contributed by atoms with van der Waals surface area (Å²) in [6.07, 6.45) is 1.67. The van der Waals surface area contributed by atoms with Crippen LogP contribution in [0.1, 0.15) is 11.3 Å². The minimum atomic E-state index is -0.424. The smallest absolute Gasteiger partial charge is 0.130 e. The maximum absolute atomic E-state index is 13.1. The first-order valence-corrected chi connectivity index (χ1v) is 5.21. The number of pyridine rings is 1. The molecule has 0 aliphatic carbocycles. The third kappa shape index (κ3) is 3.26. The summed E-state index contributed by atoms with van der Waals surface area (Å²) in [4.78, 5) is 4.09. The predicted molar refractivity (Wildman–Crippen MR) is 60.9 cm³/mol. The Kier molecular flexibility index (Phi) is 3.67. The van der Waals surface area contributed by atoms with Gasteiger partial charge in [-0.1, -0.05) is 6.07 Å². The van der Waals surface area contributed by atoms with Crippen LogP contribution in [-0.2, 0) is 13.2 Å². The van der Waals surface area contributed by atoms with Gasteiger partial charge in [0.1, 0.15) is 18.2 Å². The Bertz CT molecular complexity index is 488. The summed E-state index contributed by atoms with van der Waals surface area (Å²) in [6.45, 7) is 0.0624. The molecule has 3 nitrogen and oxygen atoms in total. The molecule has 1 N–H and O–H groups in total. The van der Waals surface area contributed by atoms with Crippen molar-refractivity contribution in [1.82, 2.24) is 4.98 Å². The van der Waals surface area contributed by atoms with Gasteiger partial charge < -0.3 is 9.84 Å². The molecular weight excluding hydrogens is 221 g/mol. The van der Waals surface area contributed by atoms with E-state index >= 15 is 0 Å². The number of ether oxygens (including phenoxy) is 1. The normalized spacial score (nSPS) is 10.2. The molecule has 17 heavy (non-hydrogen) atoms. The average Bonchev–Trinajstić information content (AvgIpc) is 2.37. The van der Waals surface area contributed by atoms with E-state index in [4.69, 9.17) is 9.84 Å². The van der Waals surface area contributed by atoms with Gasteiger partial charge in [-0.05, 0) is 29.8 Å². The van der Waals surface area contributed by atoms with E-state index in [0.29, 0.717) is 11.3 Å². The molecular formula is C13H12FNO2. The molecule has 0 radical (unpaired) electrons. The van der Waals surface area contributed by atoms with Crippen molar-refractivity contribution in [2.24, 2.45) is 0 Å². The van der Waals surface area contributed by atoms with Crippen molar-refractivity contribution in [3.63, 3.8) is 0 Å². The number of benzene rings is 1. The van der Waals surface area contributed by atoms with Gasteiger partial charge in [0.15, 0.2) is 0 Å². The molecule has 4 heteroatoms. The van der Waals surface area contributed by atoms with Gasteiger partial charge in [-0.25, -0.2) is 4.39 Å². The lowest BCUT2D eigenvalue weighted by molar-refractivity contribution is 0.276. The minimum Gasteiger partial charge on any atom is -0.487 e. The summed E-state index contributed by atoms with van der Waals surface area (Å²) in [5, 5.41) is 8.94. The summed E-state index contributed by atoms with van der Waals surface area (Å²) < 4.78 is 18.5. The van der Waals surface area contributed by atoms with E-state index in [-0.39, 0.29) is 13.2 Å². The molecule has 0 saturated heterocycles. The summed E-state index contributed by atoms with van der Waals surface area (Å²) in [7, 11) is 0. The van der Waals surface area contributed by atoms with Crippen LogP contribution in [0.3, 0.4) is 0 Å². The summed E-state index contributed by atoms with van der Waals surface area (Å²) in [5.41, 5.74) is 1.25. The van der Waals surface area contributed by atoms with Crippen molar-refractivity contribution in [3.8, 4) is 5.75 Å². The highest BCUT2D eigenvalue weighted by molar-refractivity contribution is 5.29. The van der Waals surface area contributed by atoms with Crippen LogP contribution < -0.4 is 4.74 Å². The van der Waals surface area contributed by atoms with E-state index in [1.807, 2.05) is 18.2 Å². The highest BCUT2D eigenvalue weighted by atomic mass is 19.1. The van der Waals surface area contributed by atoms with E-state index in [9.17, 15) is 4.39 Å². The minimum absolute atomic E-state index is 0.211. The molecule has 0 bridgehead atoms. The molecule has 88 valence electrons. The second-order valence-corrected chi connectivity index (χ2v) is 3.56. The van der Waals surface area contributed by atoms with E-state index in [1.165, 1.54) is 12.1 Å². The Morgan fingerprint density at radius 3 is 2.82 bits per heavy atom. The van der Waals surface area contributed by atoms with E-state index in [2.05, 4.69) is 4.98 Å². The van der Waals surface area contributed by atoms with Gasteiger partial charge in [0.2, 0.25) is 0 Å². The zero-order valence-corrected chi connectivity index (χ0v) is 9.14. The molecule has 0 atom stereocenters. The fraction of sp³-hybridized carbons (Fsp3) is 0.154. The Morgan fingerprint density at radius 1 is 1.24 bits per heavy atom. The topological polar surface area (TPSA) is 42.4 Å². The molecule has 0 fully saturated rings. The van der Waals surface area contributed by atoms with Gasteiger partial charge in [0.25, 0.3) is 0 Å². The average molecular weight is 233 g/mol. The van der Waals surface area contributed by atoms with Crippen molar-refractivity contribution in [2.75, 3.05) is 0 Å². The number of aromatic nitrogens is 1. The van der Waals surface area contributed by atoms with Gasteiger partial charge in [-0.3, -0.25) is 4.98 Å². The summed E-state index contributed by atoms with van der Waals surface area (Å²) in [5.74, 6) is -0.0349. The first-order chi connectivity index (χ1) is 8.28. The van der Waals surface area contributed by atoms with E-state index in [0.717, 1.165) is 5.69 Å². The Balaban J connectivity index is 2.06. The Labute approximate surface area is 98.5 Å². The van der Waals surface area contributed by atoms with Crippen LogP contribution in [0.4, 0.5) is 4.39 Å². The molecule has 0 amide bonds. The lowest BCUT2D eigenvalue weighted by atomic mass is 10.2. The van der Waals surface area contributed by atoms with Gasteiger partial charge in [0.05, 0.1) is 12.3 Å². The van der Waals surface area contributed by atoms with E-state index in [1.54, 1.807) is 12.3 Å². The van der Waals surface area contributed by atoms with Gasteiger partial charge in [-0.15, -0.1) is 0 Å². The molecule has 2 aromatic rings. The van der Waals surface area contributed by atoms with Crippen LogP contribution in [0, 0.1) is 5.82 Å². The monoisotopic (exact) mass is 233 g/mol. The molecule has 0 spiro atoms. The van der Waals surface area contributed by atoms with E-state index < -0.39 is 5.82 Å². The fourth-order valence-corrected chi connectivity index (χ4v) is 1.44. The number of nitrogens with zero attached hydrogens (tertiary/aromatic N) is 1. The third-order valence-electron chi connectivity index (χ3n) is 2.23. The van der Waals surface area contributed by atoms with Crippen molar-refractivity contribution in [2.45, 2.75) is 13.2 Å². The zero-order valence-electron chi connectivity index (χ0n) is 9.14. The van der Waals surface area contributed by atoms with Crippen molar-refractivity contribution >= 4 is 0 Å². The number of rotatable bonds is 4. The molecule has 2 rings (SSSR count). The highest BCUT2D eigenvalue weighted by Crippen LogP contribution is 2.17. The number of aliphatic hydroxyl groups excluding tert-OH is 1. The SMILES string of the molecule is OCc1cc(F)cc(OCc2ccccn2)c1. The Hall–Kier alpha value is -1.94. The van der Waals surface area contributed by atoms with Crippen molar-refractivity contribution in [3.05, 3.63) is 59.7 Å². The number of hydrogen-bond acceptors (Lipinski definition) is 3. The van der Waals surface area contributed by atoms with Crippen molar-refractivity contribution < 1.29 is 14.2 Å². The number of hydrogen-bond donors (Lipinski definition) is 1. The summed E-state index contributed by atoms with van der Waals surface area (Å²) in [6, 6.07) is 9.65. The molecule has 0 aliphatic rings. The molecule has 0 saturated carbocycles. The number of aliphatic hydroxyl groups is 1. The van der Waals surface area contributed by atoms with Gasteiger partial charge >= 0.3 is 0 Å². The second kappa shape index (κ2) is 5.41. The maximum Gasteiger partial charge on any atom is 0.130 e. The Morgan fingerprint density at radius 2 is 2.12 bits per heavy atom. The third-order valence-corrected chi connectivity index (χ3v) is 2.23. The maximum atomic E-state index is 13.1. The molecule has 0 aliphatic heterocycles. The second-order valence-electron chi connectivity index (χ2n) is 3.56. The zero-order chi connectivity index (χ0) is 12.1. The van der Waals surface area contributed by atoms with Gasteiger partial charge in [0, 0.05) is 12.3 Å². The summed E-state index contributed by atoms with van der Waals surface area (Å²) >= 11 is 0. The highest BCUT2D eigenvalue weighted by Gasteiger charge is 2.02. The first kappa shape index (κ1) is 11.5. The molecule has 1 aromatic carbocycles. The quantitative estimate of drug-likeness (QED) is 0.881. The number of halogens is 1. The van der Waals surface area contributed by atoms with Crippen LogP contribution in [0.5, 0.6) is 5.75 Å². The first-order valence-electron chi connectivity index (χ1n) is 5.21. The largest absolute Gasteiger partial charge is 0.487 e. The van der Waals surface area contributed by atoms with Crippen LogP contribution >= 0.6 is 0 Å². The van der Waals surface area contributed by atoms with Crippen LogP contribution in [-0.4, -0.2) is 10.1 Å². The lowest BCUT2D eigenvalue weighted by Crippen LogP contribution is -1.98. The molecule has 0 unspecified atom stereocenters. The fourth-order valence-electron chi connectivity index (χ4n) is 1.44. The van der Waals surface area contributed by atoms with Crippen molar-refractivity contribution in [1.29, 1.82) is 0 Å². The molecule has 1 aromatic heterocycles. The van der Waals surface area contributed by atoms with Gasteiger partial charge in [-0.2, -0.15) is 0 Å². The van der Waals surface area contributed by atoms with Crippen LogP contribution in [0.25, 0.3) is 0 Å². The predicted octanol–water partition coefficient (Wildman–Crippen LogP) is 2.29. The standard InChI is InChI=1S/C13H12FNO2/c14-11-5-10(8-16)6-13(7-11)17-9-12-3-1-2-4-15-12/h1-7,16H,8-9H2. The molecule has 1 heterocycles. The van der Waals surface area contributed by atoms with Crippen LogP contribution in [0.15, 0.2) is 42.6 Å². The van der Waals surface area contributed by atoms with Crippen LogP contribution in [0.2, 0.25) is 0 Å².